The molecular weight excluding hydrogens is 218 g/mol. The summed E-state index contributed by atoms with van der Waals surface area (Å²) in [5, 5.41) is 6.79. The van der Waals surface area contributed by atoms with Gasteiger partial charge >= 0.3 is 0 Å². The first-order valence-corrected chi connectivity index (χ1v) is 7.07. The van der Waals surface area contributed by atoms with Crippen LogP contribution in [0.2, 0.25) is 0 Å². The number of aromatic nitrogens is 1. The first-order valence-electron chi connectivity index (χ1n) is 6.19. The maximum atomic E-state index is 6.07. The van der Waals surface area contributed by atoms with Crippen molar-refractivity contribution in [2.75, 3.05) is 6.54 Å². The predicted octanol–water partition coefficient (Wildman–Crippen LogP) is 2.31. The van der Waals surface area contributed by atoms with Crippen LogP contribution in [0.15, 0.2) is 11.6 Å². The molecule has 3 N–H and O–H groups in total. The zero-order valence-electron chi connectivity index (χ0n) is 9.86. The summed E-state index contributed by atoms with van der Waals surface area (Å²) in [4.78, 5) is 4.36. The van der Waals surface area contributed by atoms with Crippen molar-refractivity contribution in [2.24, 2.45) is 11.7 Å². The Labute approximate surface area is 101 Å². The summed E-state index contributed by atoms with van der Waals surface area (Å²) < 4.78 is 0. The standard InChI is InChI=1S/C12H21N3S/c1-2-11(12-15-7-8-16-12)14-6-5-10(13)9-3-4-9/h7-11,14H,2-6,13H2,1H3. The maximum Gasteiger partial charge on any atom is 0.109 e. The Balaban J connectivity index is 1.70. The molecule has 2 unspecified atom stereocenters. The number of rotatable bonds is 7. The summed E-state index contributed by atoms with van der Waals surface area (Å²) in [6.45, 7) is 3.20. The summed E-state index contributed by atoms with van der Waals surface area (Å²) in [7, 11) is 0. The van der Waals surface area contributed by atoms with Crippen LogP contribution >= 0.6 is 11.3 Å². The highest BCUT2D eigenvalue weighted by molar-refractivity contribution is 7.09. The van der Waals surface area contributed by atoms with Crippen molar-refractivity contribution >= 4 is 11.3 Å². The molecule has 3 nitrogen and oxygen atoms in total. The molecule has 0 spiro atoms. The van der Waals surface area contributed by atoms with Crippen LogP contribution < -0.4 is 11.1 Å². The molecule has 0 bridgehead atoms. The molecule has 1 fully saturated rings. The van der Waals surface area contributed by atoms with Gasteiger partial charge in [0.2, 0.25) is 0 Å². The third kappa shape index (κ3) is 3.27. The van der Waals surface area contributed by atoms with Gasteiger partial charge in [-0.25, -0.2) is 4.98 Å². The van der Waals surface area contributed by atoms with Gasteiger partial charge in [0.1, 0.15) is 5.01 Å². The third-order valence-electron chi connectivity index (χ3n) is 3.25. The van der Waals surface area contributed by atoms with Crippen LogP contribution in [0.5, 0.6) is 0 Å². The molecule has 90 valence electrons. The molecule has 1 aliphatic carbocycles. The summed E-state index contributed by atoms with van der Waals surface area (Å²) >= 11 is 1.73. The van der Waals surface area contributed by atoms with E-state index in [1.165, 1.54) is 17.8 Å². The monoisotopic (exact) mass is 239 g/mol. The Morgan fingerprint density at radius 2 is 2.44 bits per heavy atom. The van der Waals surface area contributed by atoms with Crippen molar-refractivity contribution < 1.29 is 0 Å². The number of nitrogens with one attached hydrogen (secondary N) is 1. The fourth-order valence-corrected chi connectivity index (χ4v) is 2.79. The van der Waals surface area contributed by atoms with E-state index in [0.29, 0.717) is 12.1 Å². The van der Waals surface area contributed by atoms with Crippen LogP contribution in [0.1, 0.15) is 43.7 Å². The van der Waals surface area contributed by atoms with E-state index < -0.39 is 0 Å². The Kier molecular flexibility index (Phi) is 4.32. The Hall–Kier alpha value is -0.450. The van der Waals surface area contributed by atoms with E-state index in [2.05, 4.69) is 17.2 Å². The Morgan fingerprint density at radius 3 is 3.00 bits per heavy atom. The van der Waals surface area contributed by atoms with Gasteiger partial charge in [-0.1, -0.05) is 6.92 Å². The van der Waals surface area contributed by atoms with Gasteiger partial charge in [0.05, 0.1) is 6.04 Å². The number of hydrogen-bond acceptors (Lipinski definition) is 4. The van der Waals surface area contributed by atoms with Crippen LogP contribution in [0.4, 0.5) is 0 Å². The van der Waals surface area contributed by atoms with Crippen molar-refractivity contribution in [3.05, 3.63) is 16.6 Å². The minimum Gasteiger partial charge on any atom is -0.327 e. The van der Waals surface area contributed by atoms with Crippen LogP contribution in [-0.2, 0) is 0 Å². The van der Waals surface area contributed by atoms with Crippen LogP contribution in [-0.4, -0.2) is 17.6 Å². The second-order valence-electron chi connectivity index (χ2n) is 4.58. The molecule has 1 aromatic heterocycles. The minimum atomic E-state index is 0.404. The quantitative estimate of drug-likeness (QED) is 0.767. The van der Waals surface area contributed by atoms with E-state index >= 15 is 0 Å². The second kappa shape index (κ2) is 5.75. The first kappa shape index (κ1) is 12.0. The minimum absolute atomic E-state index is 0.404. The lowest BCUT2D eigenvalue weighted by Gasteiger charge is -2.16. The molecule has 0 amide bonds. The van der Waals surface area contributed by atoms with Gasteiger partial charge in [-0.3, -0.25) is 0 Å². The molecule has 1 aromatic rings. The Morgan fingerprint density at radius 1 is 1.62 bits per heavy atom. The van der Waals surface area contributed by atoms with Crippen LogP contribution in [0, 0.1) is 5.92 Å². The zero-order chi connectivity index (χ0) is 11.4. The highest BCUT2D eigenvalue weighted by Gasteiger charge is 2.27. The molecule has 0 aromatic carbocycles. The largest absolute Gasteiger partial charge is 0.327 e. The molecule has 2 atom stereocenters. The van der Waals surface area contributed by atoms with E-state index in [9.17, 15) is 0 Å². The fraction of sp³-hybridized carbons (Fsp3) is 0.750. The first-order chi connectivity index (χ1) is 7.81. The molecule has 1 saturated carbocycles. The van der Waals surface area contributed by atoms with Gasteiger partial charge in [0.25, 0.3) is 0 Å². The van der Waals surface area contributed by atoms with Gasteiger partial charge < -0.3 is 11.1 Å². The lowest BCUT2D eigenvalue weighted by molar-refractivity contribution is 0.463. The van der Waals surface area contributed by atoms with Crippen molar-refractivity contribution in [1.82, 2.24) is 10.3 Å². The third-order valence-corrected chi connectivity index (χ3v) is 4.14. The van der Waals surface area contributed by atoms with Crippen molar-refractivity contribution in [1.29, 1.82) is 0 Å². The number of hydrogen-bond donors (Lipinski definition) is 2. The van der Waals surface area contributed by atoms with E-state index in [0.717, 1.165) is 25.3 Å². The number of nitrogens with zero attached hydrogens (tertiary/aromatic N) is 1. The fourth-order valence-electron chi connectivity index (χ4n) is 2.00. The summed E-state index contributed by atoms with van der Waals surface area (Å²) in [5.74, 6) is 0.807. The predicted molar refractivity (Wildman–Crippen MR) is 68.5 cm³/mol. The average molecular weight is 239 g/mol. The van der Waals surface area contributed by atoms with Gasteiger partial charge in [-0.2, -0.15) is 0 Å². The molecular formula is C12H21N3S. The second-order valence-corrected chi connectivity index (χ2v) is 5.50. The highest BCUT2D eigenvalue weighted by Crippen LogP contribution is 2.32. The lowest BCUT2D eigenvalue weighted by Crippen LogP contribution is -2.30. The molecule has 4 heteroatoms. The smallest absolute Gasteiger partial charge is 0.109 e. The van der Waals surface area contributed by atoms with E-state index in [1.807, 2.05) is 11.6 Å². The molecule has 1 aliphatic rings. The molecule has 0 radical (unpaired) electrons. The normalized spacial score (nSPS) is 19.6. The SMILES string of the molecule is CCC(NCCC(N)C1CC1)c1nccs1. The van der Waals surface area contributed by atoms with Crippen molar-refractivity contribution in [2.45, 2.75) is 44.7 Å². The zero-order valence-corrected chi connectivity index (χ0v) is 10.7. The van der Waals surface area contributed by atoms with Crippen LogP contribution in [0.25, 0.3) is 0 Å². The molecule has 0 saturated heterocycles. The van der Waals surface area contributed by atoms with Crippen LogP contribution in [0.3, 0.4) is 0 Å². The molecule has 1 heterocycles. The van der Waals surface area contributed by atoms with Gasteiger partial charge in [0, 0.05) is 17.6 Å². The highest BCUT2D eigenvalue weighted by atomic mass is 32.1. The van der Waals surface area contributed by atoms with E-state index in [-0.39, 0.29) is 0 Å². The average Bonchev–Trinajstić information content (AvgIpc) is 3.01. The maximum absolute atomic E-state index is 6.07. The number of nitrogens with two attached hydrogens (primary N) is 1. The summed E-state index contributed by atoms with van der Waals surface area (Å²) in [6, 6.07) is 0.813. The van der Waals surface area contributed by atoms with E-state index in [1.54, 1.807) is 11.3 Å². The van der Waals surface area contributed by atoms with Gasteiger partial charge in [0.15, 0.2) is 0 Å². The lowest BCUT2D eigenvalue weighted by atomic mass is 10.1. The van der Waals surface area contributed by atoms with E-state index in [4.69, 9.17) is 5.73 Å². The van der Waals surface area contributed by atoms with Crippen molar-refractivity contribution in [3.8, 4) is 0 Å². The summed E-state index contributed by atoms with van der Waals surface area (Å²) in [5.41, 5.74) is 6.07. The molecule has 0 aliphatic heterocycles. The van der Waals surface area contributed by atoms with Gasteiger partial charge in [-0.05, 0) is 38.1 Å². The van der Waals surface area contributed by atoms with Crippen molar-refractivity contribution in [3.63, 3.8) is 0 Å². The van der Waals surface area contributed by atoms with Gasteiger partial charge in [-0.15, -0.1) is 11.3 Å². The topological polar surface area (TPSA) is 50.9 Å². The molecule has 16 heavy (non-hydrogen) atoms. The molecule has 2 rings (SSSR count). The number of thiazole rings is 1. The summed E-state index contributed by atoms with van der Waals surface area (Å²) in [6.07, 6.45) is 6.73. The Bertz CT molecular complexity index is 295.